The Kier molecular flexibility index (Phi) is 2.47. The number of alkyl halides is 2. The summed E-state index contributed by atoms with van der Waals surface area (Å²) in [6, 6.07) is 1.09. The van der Waals surface area contributed by atoms with E-state index in [-0.39, 0.29) is 16.3 Å². The van der Waals surface area contributed by atoms with Crippen molar-refractivity contribution in [3.63, 3.8) is 0 Å². The average molecular weight is 194 g/mol. The molecule has 1 heterocycles. The Bertz CT molecular complexity index is 348. The van der Waals surface area contributed by atoms with Gasteiger partial charge in [-0.1, -0.05) is 11.6 Å². The molecule has 0 fully saturated rings. The molecule has 1 aromatic heterocycles. The summed E-state index contributed by atoms with van der Waals surface area (Å²) in [5.41, 5.74) is -0.548. The van der Waals surface area contributed by atoms with E-state index in [1.807, 2.05) is 0 Å². The minimum absolute atomic E-state index is 0.231. The quantitative estimate of drug-likeness (QED) is 0.682. The predicted octanol–water partition coefficient (Wildman–Crippen LogP) is 2.27. The first kappa shape index (κ1) is 9.19. The SMILES string of the molecule is Cc1cc(C(F)F)c(Cl)[nH]c1=O. The van der Waals surface area contributed by atoms with Crippen LogP contribution in [0.1, 0.15) is 17.6 Å². The lowest BCUT2D eigenvalue weighted by atomic mass is 10.2. The smallest absolute Gasteiger partial charge is 0.266 e. The van der Waals surface area contributed by atoms with Crippen LogP contribution >= 0.6 is 11.6 Å². The molecule has 2 nitrogen and oxygen atoms in total. The van der Waals surface area contributed by atoms with Gasteiger partial charge in [-0.3, -0.25) is 4.79 Å². The van der Waals surface area contributed by atoms with Gasteiger partial charge >= 0.3 is 0 Å². The normalized spacial score (nSPS) is 10.8. The summed E-state index contributed by atoms with van der Waals surface area (Å²) in [7, 11) is 0. The highest BCUT2D eigenvalue weighted by atomic mass is 35.5. The predicted molar refractivity (Wildman–Crippen MR) is 41.8 cm³/mol. The molecule has 1 N–H and O–H groups in total. The van der Waals surface area contributed by atoms with Crippen molar-refractivity contribution in [3.8, 4) is 0 Å². The van der Waals surface area contributed by atoms with Gasteiger partial charge in [-0.25, -0.2) is 8.78 Å². The summed E-state index contributed by atoms with van der Waals surface area (Å²) in [4.78, 5) is 12.9. The van der Waals surface area contributed by atoms with Gasteiger partial charge in [0.15, 0.2) is 0 Å². The van der Waals surface area contributed by atoms with Crippen LogP contribution in [0.3, 0.4) is 0 Å². The molecule has 0 radical (unpaired) electrons. The van der Waals surface area contributed by atoms with Crippen LogP contribution in [-0.4, -0.2) is 4.98 Å². The van der Waals surface area contributed by atoms with Crippen LogP contribution in [0, 0.1) is 6.92 Å². The van der Waals surface area contributed by atoms with Gasteiger partial charge in [-0.05, 0) is 13.0 Å². The van der Waals surface area contributed by atoms with Crippen LogP contribution in [0.4, 0.5) is 8.78 Å². The van der Waals surface area contributed by atoms with Gasteiger partial charge in [0, 0.05) is 5.56 Å². The number of aryl methyl sites for hydroxylation is 1. The van der Waals surface area contributed by atoms with Crippen molar-refractivity contribution < 1.29 is 8.78 Å². The summed E-state index contributed by atoms with van der Waals surface area (Å²) >= 11 is 5.36. The fraction of sp³-hybridized carbons (Fsp3) is 0.286. The molecule has 0 saturated carbocycles. The zero-order chi connectivity index (χ0) is 9.30. The molecule has 1 aromatic rings. The molecular weight excluding hydrogens is 188 g/mol. The van der Waals surface area contributed by atoms with Crippen LogP contribution in [0.2, 0.25) is 5.15 Å². The first-order valence-electron chi connectivity index (χ1n) is 3.20. The van der Waals surface area contributed by atoms with Crippen molar-refractivity contribution in [1.82, 2.24) is 4.98 Å². The maximum atomic E-state index is 12.1. The summed E-state index contributed by atoms with van der Waals surface area (Å²) in [6.45, 7) is 1.45. The van der Waals surface area contributed by atoms with Crippen LogP contribution in [0.25, 0.3) is 0 Å². The van der Waals surface area contributed by atoms with E-state index in [0.717, 1.165) is 6.07 Å². The number of halogens is 3. The van der Waals surface area contributed by atoms with Gasteiger partial charge in [0.1, 0.15) is 5.15 Å². The molecule has 12 heavy (non-hydrogen) atoms. The maximum absolute atomic E-state index is 12.1. The molecule has 0 bridgehead atoms. The fourth-order valence-electron chi connectivity index (χ4n) is 0.791. The van der Waals surface area contributed by atoms with Gasteiger partial charge < -0.3 is 4.98 Å². The fourth-order valence-corrected chi connectivity index (χ4v) is 1.01. The third-order valence-electron chi connectivity index (χ3n) is 1.44. The highest BCUT2D eigenvalue weighted by molar-refractivity contribution is 6.30. The van der Waals surface area contributed by atoms with E-state index < -0.39 is 12.0 Å². The average Bonchev–Trinajstić information content (AvgIpc) is 1.96. The van der Waals surface area contributed by atoms with Gasteiger partial charge in [0.25, 0.3) is 12.0 Å². The standard InChI is InChI=1S/C7H6ClF2NO/c1-3-2-4(6(9)10)5(8)11-7(3)12/h2,6H,1H3,(H,11,12). The number of H-pyrrole nitrogens is 1. The second kappa shape index (κ2) is 3.23. The van der Waals surface area contributed by atoms with Crippen molar-refractivity contribution >= 4 is 11.6 Å². The van der Waals surface area contributed by atoms with Gasteiger partial charge in [0.2, 0.25) is 0 Å². The molecule has 1 rings (SSSR count). The van der Waals surface area contributed by atoms with E-state index in [1.54, 1.807) is 0 Å². The number of hydrogen-bond donors (Lipinski definition) is 1. The van der Waals surface area contributed by atoms with Crippen molar-refractivity contribution in [3.05, 3.63) is 32.7 Å². The molecule has 0 saturated heterocycles. The topological polar surface area (TPSA) is 32.9 Å². The van der Waals surface area contributed by atoms with Crippen molar-refractivity contribution in [2.24, 2.45) is 0 Å². The molecule has 0 aliphatic carbocycles. The number of pyridine rings is 1. The van der Waals surface area contributed by atoms with E-state index in [1.165, 1.54) is 6.92 Å². The van der Waals surface area contributed by atoms with E-state index >= 15 is 0 Å². The number of aromatic nitrogens is 1. The second-order valence-electron chi connectivity index (χ2n) is 2.35. The van der Waals surface area contributed by atoms with Gasteiger partial charge in [-0.15, -0.1) is 0 Å². The van der Waals surface area contributed by atoms with Crippen LogP contribution in [-0.2, 0) is 0 Å². The molecule has 66 valence electrons. The van der Waals surface area contributed by atoms with E-state index in [4.69, 9.17) is 11.6 Å². The summed E-state index contributed by atoms with van der Waals surface area (Å²) in [5, 5.41) is -0.291. The van der Waals surface area contributed by atoms with E-state index in [2.05, 4.69) is 4.98 Å². The first-order chi connectivity index (χ1) is 5.52. The van der Waals surface area contributed by atoms with Crippen LogP contribution < -0.4 is 5.56 Å². The number of hydrogen-bond acceptors (Lipinski definition) is 1. The molecule has 0 aliphatic rings. The Balaban J connectivity index is 3.33. The Morgan fingerprint density at radius 2 is 2.17 bits per heavy atom. The molecule has 0 aliphatic heterocycles. The second-order valence-corrected chi connectivity index (χ2v) is 2.73. The van der Waals surface area contributed by atoms with Gasteiger partial charge in [0.05, 0.1) is 5.56 Å². The lowest BCUT2D eigenvalue weighted by Gasteiger charge is -2.02. The Morgan fingerprint density at radius 3 is 2.67 bits per heavy atom. The maximum Gasteiger partial charge on any atom is 0.266 e. The lowest BCUT2D eigenvalue weighted by Crippen LogP contribution is -2.10. The van der Waals surface area contributed by atoms with E-state index in [0.29, 0.717) is 0 Å². The minimum Gasteiger partial charge on any atom is -0.312 e. The van der Waals surface area contributed by atoms with Crippen LogP contribution in [0.5, 0.6) is 0 Å². The summed E-state index contributed by atoms with van der Waals surface area (Å²) < 4.78 is 24.3. The number of rotatable bonds is 1. The molecule has 0 atom stereocenters. The Labute approximate surface area is 72.2 Å². The van der Waals surface area contributed by atoms with Crippen molar-refractivity contribution in [2.45, 2.75) is 13.3 Å². The highest BCUT2D eigenvalue weighted by Gasteiger charge is 2.13. The van der Waals surface area contributed by atoms with Crippen molar-refractivity contribution in [1.29, 1.82) is 0 Å². The molecular formula is C7H6ClF2NO. The lowest BCUT2D eigenvalue weighted by molar-refractivity contribution is 0.151. The highest BCUT2D eigenvalue weighted by Crippen LogP contribution is 2.24. The summed E-state index contributed by atoms with van der Waals surface area (Å²) in [6.07, 6.45) is -2.66. The van der Waals surface area contributed by atoms with Crippen LogP contribution in [0.15, 0.2) is 10.9 Å². The third-order valence-corrected chi connectivity index (χ3v) is 1.75. The van der Waals surface area contributed by atoms with E-state index in [9.17, 15) is 13.6 Å². The third kappa shape index (κ3) is 1.64. The molecule has 5 heteroatoms. The molecule has 0 aromatic carbocycles. The first-order valence-corrected chi connectivity index (χ1v) is 3.57. The minimum atomic E-state index is -2.66. The zero-order valence-corrected chi connectivity index (χ0v) is 6.95. The molecule has 0 spiro atoms. The Morgan fingerprint density at radius 1 is 1.58 bits per heavy atom. The summed E-state index contributed by atoms with van der Waals surface area (Å²) in [5.74, 6) is 0. The number of aromatic amines is 1. The monoisotopic (exact) mass is 193 g/mol. The number of nitrogens with one attached hydrogen (secondary N) is 1. The van der Waals surface area contributed by atoms with Crippen molar-refractivity contribution in [2.75, 3.05) is 0 Å². The van der Waals surface area contributed by atoms with Gasteiger partial charge in [-0.2, -0.15) is 0 Å². The molecule has 0 amide bonds. The Hall–Kier alpha value is -0.900. The molecule has 0 unspecified atom stereocenters. The zero-order valence-electron chi connectivity index (χ0n) is 6.20. The largest absolute Gasteiger partial charge is 0.312 e.